The molecular formula is C36H33P3Pd. The maximum atomic E-state index is 2.17. The smallest absolute Gasteiger partial charge is 0 e. The second-order valence-electron chi connectivity index (χ2n) is 8.57. The third kappa shape index (κ3) is 12.6. The molecule has 0 heterocycles. The SMILES string of the molecule is [Pd].c1ccc(Pc2ccccc2)cc1.c1ccc(Pc2ccccc2)cc1.c1ccc(Pc2ccccc2)cc1. The molecule has 0 amide bonds. The number of hydrogen-bond donors (Lipinski definition) is 0. The van der Waals surface area contributed by atoms with Crippen LogP contribution in [0.2, 0.25) is 0 Å². The van der Waals surface area contributed by atoms with Gasteiger partial charge in [0.05, 0.1) is 0 Å². The Hall–Kier alpha value is -2.73. The van der Waals surface area contributed by atoms with E-state index in [1.807, 2.05) is 0 Å². The maximum absolute atomic E-state index is 2.17. The van der Waals surface area contributed by atoms with Gasteiger partial charge in [-0.15, -0.1) is 0 Å². The van der Waals surface area contributed by atoms with Gasteiger partial charge in [0.25, 0.3) is 0 Å². The van der Waals surface area contributed by atoms with Gasteiger partial charge in [0.15, 0.2) is 0 Å². The molecule has 0 atom stereocenters. The zero-order chi connectivity index (χ0) is 26.8. The third-order valence-electron chi connectivity index (χ3n) is 5.51. The van der Waals surface area contributed by atoms with E-state index in [2.05, 4.69) is 182 Å². The first kappa shape index (κ1) is 31.8. The summed E-state index contributed by atoms with van der Waals surface area (Å²) in [6.45, 7) is 0. The molecule has 0 saturated carbocycles. The molecule has 40 heavy (non-hydrogen) atoms. The Morgan fingerprint density at radius 2 is 0.325 bits per heavy atom. The molecule has 0 N–H and O–H groups in total. The molecule has 0 nitrogen and oxygen atoms in total. The predicted molar refractivity (Wildman–Crippen MR) is 181 cm³/mol. The van der Waals surface area contributed by atoms with Gasteiger partial charge < -0.3 is 0 Å². The van der Waals surface area contributed by atoms with Gasteiger partial charge in [-0.1, -0.05) is 208 Å². The van der Waals surface area contributed by atoms with Crippen LogP contribution in [0.1, 0.15) is 0 Å². The zero-order valence-electron chi connectivity index (χ0n) is 22.1. The minimum absolute atomic E-state index is 0. The Bertz CT molecular complexity index is 1140. The van der Waals surface area contributed by atoms with Crippen LogP contribution in [0.3, 0.4) is 0 Å². The Labute approximate surface area is 258 Å². The molecule has 6 aromatic rings. The first-order chi connectivity index (χ1) is 19.3. The maximum Gasteiger partial charge on any atom is 0 e. The number of rotatable bonds is 6. The Morgan fingerprint density at radius 1 is 0.200 bits per heavy atom. The van der Waals surface area contributed by atoms with Crippen molar-refractivity contribution in [2.45, 2.75) is 0 Å². The molecule has 202 valence electrons. The van der Waals surface area contributed by atoms with Crippen molar-refractivity contribution in [3.8, 4) is 0 Å². The molecule has 0 aromatic heterocycles. The van der Waals surface area contributed by atoms with Crippen LogP contribution in [0.15, 0.2) is 182 Å². The number of hydrogen-bond acceptors (Lipinski definition) is 0. The summed E-state index contributed by atoms with van der Waals surface area (Å²) in [6.07, 6.45) is 0. The van der Waals surface area contributed by atoms with Crippen LogP contribution in [0.25, 0.3) is 0 Å². The summed E-state index contributed by atoms with van der Waals surface area (Å²) in [5.74, 6) is 0. The van der Waals surface area contributed by atoms with Gasteiger partial charge in [-0.2, -0.15) is 0 Å². The van der Waals surface area contributed by atoms with Crippen molar-refractivity contribution in [2.75, 3.05) is 0 Å². The van der Waals surface area contributed by atoms with E-state index in [0.717, 1.165) is 25.7 Å². The summed E-state index contributed by atoms with van der Waals surface area (Å²) in [4.78, 5) is 0. The average molecular weight is 665 g/mol. The summed E-state index contributed by atoms with van der Waals surface area (Å²) in [7, 11) is 2.33. The third-order valence-corrected chi connectivity index (χ3v) is 9.24. The zero-order valence-corrected chi connectivity index (χ0v) is 26.7. The van der Waals surface area contributed by atoms with Crippen molar-refractivity contribution < 1.29 is 20.4 Å². The summed E-state index contributed by atoms with van der Waals surface area (Å²) in [5, 5.41) is 8.38. The molecule has 6 rings (SSSR count). The second kappa shape index (κ2) is 19.4. The number of benzene rings is 6. The molecule has 0 aliphatic carbocycles. The Morgan fingerprint density at radius 3 is 0.450 bits per heavy atom. The summed E-state index contributed by atoms with van der Waals surface area (Å²) in [6, 6.07) is 63.5. The fraction of sp³-hybridized carbons (Fsp3) is 0. The van der Waals surface area contributed by atoms with Gasteiger partial charge in [0, 0.05) is 20.4 Å². The van der Waals surface area contributed by atoms with E-state index in [1.165, 1.54) is 31.8 Å². The van der Waals surface area contributed by atoms with Crippen LogP contribution >= 0.6 is 25.7 Å². The Balaban J connectivity index is 0.000000163. The molecule has 0 bridgehead atoms. The van der Waals surface area contributed by atoms with Crippen molar-refractivity contribution in [2.24, 2.45) is 0 Å². The van der Waals surface area contributed by atoms with Crippen LogP contribution in [0.4, 0.5) is 0 Å². The van der Waals surface area contributed by atoms with Crippen LogP contribution in [0.5, 0.6) is 0 Å². The van der Waals surface area contributed by atoms with Gasteiger partial charge in [0.2, 0.25) is 0 Å². The van der Waals surface area contributed by atoms with E-state index >= 15 is 0 Å². The van der Waals surface area contributed by atoms with Crippen LogP contribution in [-0.4, -0.2) is 0 Å². The van der Waals surface area contributed by atoms with Gasteiger partial charge in [0.1, 0.15) is 0 Å². The molecular weight excluding hydrogens is 632 g/mol. The van der Waals surface area contributed by atoms with Gasteiger partial charge >= 0.3 is 0 Å². The molecule has 0 aliphatic rings. The summed E-state index contributed by atoms with van der Waals surface area (Å²) < 4.78 is 0. The van der Waals surface area contributed by atoms with Crippen LogP contribution in [0, 0.1) is 0 Å². The van der Waals surface area contributed by atoms with E-state index in [1.54, 1.807) is 0 Å². The van der Waals surface area contributed by atoms with E-state index in [9.17, 15) is 0 Å². The van der Waals surface area contributed by atoms with Crippen molar-refractivity contribution >= 4 is 57.6 Å². The van der Waals surface area contributed by atoms with Crippen molar-refractivity contribution in [1.82, 2.24) is 0 Å². The fourth-order valence-electron chi connectivity index (χ4n) is 3.63. The van der Waals surface area contributed by atoms with E-state index in [4.69, 9.17) is 0 Å². The van der Waals surface area contributed by atoms with Crippen molar-refractivity contribution in [3.05, 3.63) is 182 Å². The standard InChI is InChI=1S/3C12H11P.Pd/c3*1-3-7-11(8-4-1)13-12-9-5-2-6-10-12;/h3*1-10,13H;. The first-order valence-electron chi connectivity index (χ1n) is 13.0. The first-order valence-corrected chi connectivity index (χ1v) is 16.0. The molecule has 0 unspecified atom stereocenters. The summed E-state index contributed by atoms with van der Waals surface area (Å²) in [5.41, 5.74) is 0. The minimum Gasteiger partial charge on any atom is -0.0622 e. The quantitative estimate of drug-likeness (QED) is 0.134. The largest absolute Gasteiger partial charge is 0.0622 e. The second-order valence-corrected chi connectivity index (χ2v) is 12.8. The van der Waals surface area contributed by atoms with E-state index in [0.29, 0.717) is 0 Å². The van der Waals surface area contributed by atoms with Crippen molar-refractivity contribution in [1.29, 1.82) is 0 Å². The van der Waals surface area contributed by atoms with Gasteiger partial charge in [-0.25, -0.2) is 0 Å². The molecule has 0 aliphatic heterocycles. The normalized spacial score (nSPS) is 9.60. The van der Waals surface area contributed by atoms with Crippen molar-refractivity contribution in [3.63, 3.8) is 0 Å². The predicted octanol–water partition coefficient (Wildman–Crippen LogP) is 6.95. The topological polar surface area (TPSA) is 0 Å². The summed E-state index contributed by atoms with van der Waals surface area (Å²) >= 11 is 0. The Kier molecular flexibility index (Phi) is 15.4. The molecule has 6 aromatic carbocycles. The van der Waals surface area contributed by atoms with Crippen LogP contribution in [-0.2, 0) is 20.4 Å². The molecule has 4 heteroatoms. The molecule has 0 saturated heterocycles. The van der Waals surface area contributed by atoms with Crippen LogP contribution < -0.4 is 31.8 Å². The fourth-order valence-corrected chi connectivity index (χ4v) is 6.78. The average Bonchev–Trinajstić information content (AvgIpc) is 3.01. The molecule has 0 fully saturated rings. The molecule has 0 radical (unpaired) electrons. The molecule has 0 spiro atoms. The van der Waals surface area contributed by atoms with Gasteiger partial charge in [-0.3, -0.25) is 0 Å². The van der Waals surface area contributed by atoms with Gasteiger partial charge in [-0.05, 0) is 31.8 Å². The monoisotopic (exact) mass is 664 g/mol. The van der Waals surface area contributed by atoms with E-state index < -0.39 is 0 Å². The minimum atomic E-state index is 0. The van der Waals surface area contributed by atoms with E-state index in [-0.39, 0.29) is 20.4 Å².